The molecule has 118 valence electrons. The summed E-state index contributed by atoms with van der Waals surface area (Å²) in [5.41, 5.74) is 5.92. The monoisotopic (exact) mass is 314 g/mol. The molecule has 0 saturated heterocycles. The van der Waals surface area contributed by atoms with Gasteiger partial charge >= 0.3 is 0 Å². The van der Waals surface area contributed by atoms with Crippen LogP contribution in [0.2, 0.25) is 0 Å². The van der Waals surface area contributed by atoms with E-state index in [0.29, 0.717) is 6.54 Å². The van der Waals surface area contributed by atoms with Gasteiger partial charge in [-0.3, -0.25) is 4.79 Å². The molecule has 0 spiro atoms. The Morgan fingerprint density at radius 2 is 2.14 bits per heavy atom. The minimum atomic E-state index is -0.582. The van der Waals surface area contributed by atoms with Crippen LogP contribution in [-0.2, 0) is 10.3 Å². The summed E-state index contributed by atoms with van der Waals surface area (Å²) in [4.78, 5) is 12.4. The summed E-state index contributed by atoms with van der Waals surface area (Å²) in [6.45, 7) is 4.34. The van der Waals surface area contributed by atoms with Crippen molar-refractivity contribution < 1.29 is 9.18 Å². The average Bonchev–Trinajstić information content (AvgIpc) is 2.86. The summed E-state index contributed by atoms with van der Waals surface area (Å²) in [5.74, 6) is 0.0175. The molecule has 0 radical (unpaired) electrons. The van der Waals surface area contributed by atoms with Gasteiger partial charge in [0.05, 0.1) is 5.54 Å². The molecule has 3 N–H and O–H groups in total. The van der Waals surface area contributed by atoms with Gasteiger partial charge in [0.15, 0.2) is 0 Å². The van der Waals surface area contributed by atoms with E-state index in [9.17, 15) is 9.18 Å². The van der Waals surface area contributed by atoms with Crippen molar-refractivity contribution in [2.75, 3.05) is 6.54 Å². The number of rotatable bonds is 4. The minimum Gasteiger partial charge on any atom is -0.347 e. The first kappa shape index (κ1) is 17.9. The van der Waals surface area contributed by atoms with E-state index in [2.05, 4.69) is 5.32 Å². The number of benzene rings is 1. The van der Waals surface area contributed by atoms with Gasteiger partial charge in [0.2, 0.25) is 5.91 Å². The number of nitrogens with two attached hydrogens (primary N) is 1. The maximum atomic E-state index is 13.3. The van der Waals surface area contributed by atoms with Gasteiger partial charge in [-0.2, -0.15) is 0 Å². The van der Waals surface area contributed by atoms with E-state index >= 15 is 0 Å². The Kier molecular flexibility index (Phi) is 6.17. The number of carbonyl (C=O) groups is 1. The fourth-order valence-corrected chi connectivity index (χ4v) is 3.01. The third-order valence-corrected chi connectivity index (χ3v) is 4.28. The second-order valence-electron chi connectivity index (χ2n) is 6.16. The van der Waals surface area contributed by atoms with Crippen molar-refractivity contribution in [3.05, 3.63) is 35.6 Å². The van der Waals surface area contributed by atoms with E-state index in [1.807, 2.05) is 19.9 Å². The molecule has 1 aromatic rings. The molecule has 1 aliphatic carbocycles. The van der Waals surface area contributed by atoms with Crippen LogP contribution in [0.1, 0.15) is 38.7 Å². The van der Waals surface area contributed by atoms with Crippen LogP contribution in [0.5, 0.6) is 0 Å². The summed E-state index contributed by atoms with van der Waals surface area (Å²) >= 11 is 0. The van der Waals surface area contributed by atoms with Gasteiger partial charge in [-0.1, -0.05) is 18.6 Å². The molecule has 1 saturated carbocycles. The number of carbonyl (C=O) groups excluding carboxylic acids is 1. The topological polar surface area (TPSA) is 55.1 Å². The lowest BCUT2D eigenvalue weighted by Gasteiger charge is -2.30. The molecule has 0 bridgehead atoms. The minimum absolute atomic E-state index is 0. The Hall–Kier alpha value is -1.13. The van der Waals surface area contributed by atoms with Crippen LogP contribution in [0.25, 0.3) is 0 Å². The normalized spacial score (nSPS) is 21.7. The van der Waals surface area contributed by atoms with Gasteiger partial charge in [0.1, 0.15) is 5.82 Å². The van der Waals surface area contributed by atoms with Crippen molar-refractivity contribution in [1.82, 2.24) is 5.32 Å². The average molecular weight is 315 g/mol. The smallest absolute Gasteiger partial charge is 0.224 e. The molecule has 21 heavy (non-hydrogen) atoms. The van der Waals surface area contributed by atoms with Crippen LogP contribution in [0.3, 0.4) is 0 Å². The number of nitrogens with one attached hydrogen (secondary N) is 1. The molecule has 1 amide bonds. The summed E-state index contributed by atoms with van der Waals surface area (Å²) in [6.07, 6.45) is 2.97. The summed E-state index contributed by atoms with van der Waals surface area (Å²) in [5, 5.41) is 3.04. The van der Waals surface area contributed by atoms with E-state index in [1.165, 1.54) is 12.1 Å². The number of hydrogen-bond acceptors (Lipinski definition) is 2. The van der Waals surface area contributed by atoms with Crippen molar-refractivity contribution in [2.45, 2.75) is 38.6 Å². The van der Waals surface area contributed by atoms with E-state index in [0.717, 1.165) is 24.8 Å². The SMILES string of the molecule is CC(C)(NC(=O)[C@@H]1CCC[C@@H]1CN)c1cccc(F)c1.Cl. The lowest BCUT2D eigenvalue weighted by Crippen LogP contribution is -2.45. The molecule has 1 aromatic carbocycles. The maximum absolute atomic E-state index is 13.3. The predicted octanol–water partition coefficient (Wildman–Crippen LogP) is 2.97. The zero-order chi connectivity index (χ0) is 14.8. The van der Waals surface area contributed by atoms with Crippen molar-refractivity contribution >= 4 is 18.3 Å². The third-order valence-electron chi connectivity index (χ3n) is 4.28. The van der Waals surface area contributed by atoms with Gasteiger partial charge in [-0.15, -0.1) is 12.4 Å². The number of amides is 1. The van der Waals surface area contributed by atoms with Gasteiger partial charge in [-0.05, 0) is 56.8 Å². The molecule has 1 fully saturated rings. The van der Waals surface area contributed by atoms with E-state index in [4.69, 9.17) is 5.73 Å². The van der Waals surface area contributed by atoms with Crippen molar-refractivity contribution in [3.8, 4) is 0 Å². The largest absolute Gasteiger partial charge is 0.347 e. The molecule has 0 unspecified atom stereocenters. The Morgan fingerprint density at radius 1 is 1.43 bits per heavy atom. The third kappa shape index (κ3) is 4.17. The van der Waals surface area contributed by atoms with E-state index in [1.54, 1.807) is 6.07 Å². The predicted molar refractivity (Wildman–Crippen MR) is 84.7 cm³/mol. The zero-order valence-corrected chi connectivity index (χ0v) is 13.4. The molecule has 1 aliphatic rings. The molecular weight excluding hydrogens is 291 g/mol. The standard InChI is InChI=1S/C16H23FN2O.ClH/c1-16(2,12-6-4-7-13(17)9-12)19-15(20)14-8-3-5-11(14)10-18;/h4,6-7,9,11,14H,3,5,8,10,18H2,1-2H3,(H,19,20);1H/t11-,14-;/m1./s1. The van der Waals surface area contributed by atoms with Crippen LogP contribution in [0.4, 0.5) is 4.39 Å². The Labute approximate surface area is 131 Å². The Balaban J connectivity index is 0.00000220. The molecule has 5 heteroatoms. The van der Waals surface area contributed by atoms with Crippen molar-refractivity contribution in [2.24, 2.45) is 17.6 Å². The molecule has 0 heterocycles. The fourth-order valence-electron chi connectivity index (χ4n) is 3.01. The lowest BCUT2D eigenvalue weighted by atomic mass is 9.90. The first-order valence-corrected chi connectivity index (χ1v) is 7.22. The highest BCUT2D eigenvalue weighted by atomic mass is 35.5. The highest BCUT2D eigenvalue weighted by Crippen LogP contribution is 2.32. The molecule has 2 rings (SSSR count). The summed E-state index contributed by atoms with van der Waals surface area (Å²) < 4.78 is 13.3. The first-order valence-electron chi connectivity index (χ1n) is 7.22. The number of hydrogen-bond donors (Lipinski definition) is 2. The fraction of sp³-hybridized carbons (Fsp3) is 0.562. The molecule has 3 nitrogen and oxygen atoms in total. The molecular formula is C16H24ClFN2O. The summed E-state index contributed by atoms with van der Waals surface area (Å²) in [6, 6.07) is 6.37. The Morgan fingerprint density at radius 3 is 2.76 bits per heavy atom. The van der Waals surface area contributed by atoms with Crippen LogP contribution >= 0.6 is 12.4 Å². The Bertz CT molecular complexity index is 493. The van der Waals surface area contributed by atoms with Crippen LogP contribution < -0.4 is 11.1 Å². The van der Waals surface area contributed by atoms with Crippen molar-refractivity contribution in [1.29, 1.82) is 0 Å². The quantitative estimate of drug-likeness (QED) is 0.897. The zero-order valence-electron chi connectivity index (χ0n) is 12.6. The van der Waals surface area contributed by atoms with Gasteiger partial charge in [-0.25, -0.2) is 4.39 Å². The second-order valence-corrected chi connectivity index (χ2v) is 6.16. The number of halogens is 2. The van der Waals surface area contributed by atoms with Gasteiger partial charge in [0, 0.05) is 5.92 Å². The maximum Gasteiger partial charge on any atom is 0.224 e. The van der Waals surface area contributed by atoms with Crippen LogP contribution in [0, 0.1) is 17.7 Å². The van der Waals surface area contributed by atoms with E-state index in [-0.39, 0.29) is 36.0 Å². The molecule has 0 aliphatic heterocycles. The summed E-state index contributed by atoms with van der Waals surface area (Å²) in [7, 11) is 0. The van der Waals surface area contributed by atoms with Crippen LogP contribution in [-0.4, -0.2) is 12.5 Å². The molecule has 2 atom stereocenters. The van der Waals surface area contributed by atoms with E-state index < -0.39 is 5.54 Å². The highest BCUT2D eigenvalue weighted by Gasteiger charge is 2.34. The lowest BCUT2D eigenvalue weighted by molar-refractivity contribution is -0.127. The van der Waals surface area contributed by atoms with Gasteiger partial charge in [0.25, 0.3) is 0 Å². The van der Waals surface area contributed by atoms with Gasteiger partial charge < -0.3 is 11.1 Å². The van der Waals surface area contributed by atoms with Crippen LogP contribution in [0.15, 0.2) is 24.3 Å². The molecule has 0 aromatic heterocycles. The second kappa shape index (κ2) is 7.23. The first-order chi connectivity index (χ1) is 9.44. The van der Waals surface area contributed by atoms with Crippen molar-refractivity contribution in [3.63, 3.8) is 0 Å². The highest BCUT2D eigenvalue weighted by molar-refractivity contribution is 5.85.